The van der Waals surface area contributed by atoms with E-state index in [1.165, 1.54) is 18.0 Å². The van der Waals surface area contributed by atoms with Crippen LogP contribution in [-0.2, 0) is 0 Å². The third kappa shape index (κ3) is 4.70. The van der Waals surface area contributed by atoms with Crippen LogP contribution in [0.5, 0.6) is 0 Å². The second-order valence-electron chi connectivity index (χ2n) is 6.05. The van der Waals surface area contributed by atoms with E-state index >= 15 is 0 Å². The molecule has 0 amide bonds. The molecule has 9 heteroatoms. The number of nitrogens with zero attached hydrogens (tertiary/aromatic N) is 4. The number of hydrogen-bond donors (Lipinski definition) is 2. The van der Waals surface area contributed by atoms with Gasteiger partial charge in [0.15, 0.2) is 5.11 Å². The van der Waals surface area contributed by atoms with Crippen molar-refractivity contribution in [3.63, 3.8) is 0 Å². The van der Waals surface area contributed by atoms with Crippen LogP contribution in [0.2, 0.25) is 0 Å². The minimum Gasteiger partial charge on any atom is -0.375 e. The number of nitro benzene ring substituents is 1. The van der Waals surface area contributed by atoms with Crippen LogP contribution in [0.1, 0.15) is 5.56 Å². The van der Waals surface area contributed by atoms with Gasteiger partial charge < -0.3 is 15.5 Å². The molecule has 1 saturated heterocycles. The van der Waals surface area contributed by atoms with E-state index in [9.17, 15) is 10.1 Å². The van der Waals surface area contributed by atoms with E-state index in [1.54, 1.807) is 12.1 Å². The zero-order valence-corrected chi connectivity index (χ0v) is 15.4. The number of nitrogens with one attached hydrogen (secondary N) is 1. The smallest absolute Gasteiger partial charge is 0.293 e. The largest absolute Gasteiger partial charge is 0.375 e. The Morgan fingerprint density at radius 3 is 2.44 bits per heavy atom. The van der Waals surface area contributed by atoms with Crippen LogP contribution in [-0.4, -0.2) is 42.4 Å². The maximum Gasteiger partial charge on any atom is 0.293 e. The molecule has 1 aliphatic heterocycles. The third-order valence-corrected chi connectivity index (χ3v) is 4.42. The number of para-hydroxylation sites is 1. The Labute approximate surface area is 162 Å². The minimum absolute atomic E-state index is 0.0358. The fraction of sp³-hybridized carbons (Fsp3) is 0.222. The van der Waals surface area contributed by atoms with Gasteiger partial charge in [0.2, 0.25) is 0 Å². The maximum atomic E-state index is 11.6. The van der Waals surface area contributed by atoms with Crippen molar-refractivity contribution < 1.29 is 4.92 Å². The molecule has 0 aliphatic carbocycles. The van der Waals surface area contributed by atoms with Crippen LogP contribution in [0.4, 0.5) is 17.1 Å². The number of benzene rings is 2. The lowest BCUT2D eigenvalue weighted by Crippen LogP contribution is -2.46. The predicted molar refractivity (Wildman–Crippen MR) is 111 cm³/mol. The second-order valence-corrected chi connectivity index (χ2v) is 6.49. The molecule has 1 fully saturated rings. The quantitative estimate of drug-likeness (QED) is 0.352. The fourth-order valence-electron chi connectivity index (χ4n) is 3.05. The number of piperazine rings is 1. The molecule has 2 aromatic carbocycles. The van der Waals surface area contributed by atoms with Crippen LogP contribution >= 0.6 is 12.2 Å². The van der Waals surface area contributed by atoms with E-state index in [4.69, 9.17) is 5.73 Å². The van der Waals surface area contributed by atoms with Crippen molar-refractivity contribution in [3.8, 4) is 0 Å². The van der Waals surface area contributed by atoms with Gasteiger partial charge in [-0.3, -0.25) is 15.5 Å². The average molecular weight is 384 g/mol. The average Bonchev–Trinajstić information content (AvgIpc) is 2.68. The summed E-state index contributed by atoms with van der Waals surface area (Å²) in [7, 11) is 0. The van der Waals surface area contributed by atoms with Gasteiger partial charge in [0.25, 0.3) is 5.69 Å². The molecule has 0 bridgehead atoms. The maximum absolute atomic E-state index is 11.6. The Balaban J connectivity index is 1.73. The van der Waals surface area contributed by atoms with E-state index in [-0.39, 0.29) is 15.7 Å². The van der Waals surface area contributed by atoms with Gasteiger partial charge >= 0.3 is 0 Å². The lowest BCUT2D eigenvalue weighted by molar-refractivity contribution is -0.384. The van der Waals surface area contributed by atoms with Crippen molar-refractivity contribution in [1.29, 1.82) is 0 Å². The van der Waals surface area contributed by atoms with Gasteiger partial charge in [0, 0.05) is 43.5 Å². The highest BCUT2D eigenvalue weighted by atomic mass is 32.1. The molecule has 3 N–H and O–H groups in total. The van der Waals surface area contributed by atoms with Crippen molar-refractivity contribution in [3.05, 3.63) is 64.2 Å². The zero-order chi connectivity index (χ0) is 19.2. The highest BCUT2D eigenvalue weighted by Gasteiger charge is 2.24. The van der Waals surface area contributed by atoms with Crippen LogP contribution in [0, 0.1) is 10.1 Å². The Morgan fingerprint density at radius 1 is 1.15 bits per heavy atom. The van der Waals surface area contributed by atoms with Gasteiger partial charge in [-0.25, -0.2) is 0 Å². The molecule has 0 atom stereocenters. The number of hydrogen-bond acceptors (Lipinski definition) is 6. The number of rotatable bonds is 5. The molecule has 3 rings (SSSR count). The van der Waals surface area contributed by atoms with Crippen molar-refractivity contribution >= 4 is 40.6 Å². The van der Waals surface area contributed by atoms with Gasteiger partial charge in [-0.05, 0) is 30.4 Å². The van der Waals surface area contributed by atoms with E-state index in [0.717, 1.165) is 13.1 Å². The predicted octanol–water partition coefficient (Wildman–Crippen LogP) is 2.09. The van der Waals surface area contributed by atoms with Crippen molar-refractivity contribution in [2.24, 2.45) is 10.8 Å². The van der Waals surface area contributed by atoms with Gasteiger partial charge in [0.05, 0.1) is 11.1 Å². The van der Waals surface area contributed by atoms with Gasteiger partial charge in [-0.2, -0.15) is 5.10 Å². The first kappa shape index (κ1) is 18.6. The molecule has 0 spiro atoms. The molecule has 1 heterocycles. The van der Waals surface area contributed by atoms with E-state index in [0.29, 0.717) is 24.3 Å². The fourth-order valence-corrected chi connectivity index (χ4v) is 3.10. The van der Waals surface area contributed by atoms with Crippen LogP contribution in [0.15, 0.2) is 53.6 Å². The van der Waals surface area contributed by atoms with E-state index in [1.807, 2.05) is 23.1 Å². The van der Waals surface area contributed by atoms with Crippen LogP contribution < -0.4 is 21.0 Å². The number of thiocarbonyl (C=S) groups is 1. The number of anilines is 2. The molecule has 2 aromatic rings. The molecular weight excluding hydrogens is 364 g/mol. The Bertz CT molecular complexity index is 850. The first-order chi connectivity index (χ1) is 13.0. The monoisotopic (exact) mass is 384 g/mol. The number of nitro groups is 1. The summed E-state index contributed by atoms with van der Waals surface area (Å²) >= 11 is 4.66. The summed E-state index contributed by atoms with van der Waals surface area (Å²) in [5.74, 6) is 0. The molecular formula is C18H20N6O2S. The first-order valence-corrected chi connectivity index (χ1v) is 8.87. The lowest BCUT2D eigenvalue weighted by atomic mass is 10.1. The molecule has 1 aliphatic rings. The zero-order valence-electron chi connectivity index (χ0n) is 14.6. The summed E-state index contributed by atoms with van der Waals surface area (Å²) < 4.78 is 0. The second kappa shape index (κ2) is 8.45. The topological polar surface area (TPSA) is 100 Å². The lowest BCUT2D eigenvalue weighted by Gasteiger charge is -2.37. The molecule has 0 unspecified atom stereocenters. The molecule has 27 heavy (non-hydrogen) atoms. The SMILES string of the molecule is NC(=S)N/N=C\c1ccc(N2CCN(c3ccccc3)CC2)c([N+](=O)[O-])c1. The van der Waals surface area contributed by atoms with E-state index < -0.39 is 0 Å². The van der Waals surface area contributed by atoms with Gasteiger partial charge in [-0.1, -0.05) is 24.3 Å². The minimum atomic E-state index is -0.364. The summed E-state index contributed by atoms with van der Waals surface area (Å²) in [6, 6.07) is 15.2. The third-order valence-electron chi connectivity index (χ3n) is 4.33. The van der Waals surface area contributed by atoms with Crippen molar-refractivity contribution in [2.75, 3.05) is 36.0 Å². The van der Waals surface area contributed by atoms with E-state index in [2.05, 4.69) is 39.8 Å². The van der Waals surface area contributed by atoms with Crippen molar-refractivity contribution in [2.45, 2.75) is 0 Å². The number of hydrazone groups is 1. The number of nitrogens with two attached hydrogens (primary N) is 1. The summed E-state index contributed by atoms with van der Waals surface area (Å²) in [6.07, 6.45) is 1.45. The molecule has 0 saturated carbocycles. The standard InChI is InChI=1S/C18H20N6O2S/c19-18(27)21-20-13-14-6-7-16(17(12-14)24(25)26)23-10-8-22(9-11-23)15-4-2-1-3-5-15/h1-7,12-13H,8-11H2,(H3,19,21,27)/b20-13-. The molecule has 140 valence electrons. The molecule has 0 aromatic heterocycles. The molecule has 8 nitrogen and oxygen atoms in total. The summed E-state index contributed by atoms with van der Waals surface area (Å²) in [5.41, 5.74) is 10.2. The van der Waals surface area contributed by atoms with Crippen LogP contribution in [0.3, 0.4) is 0 Å². The summed E-state index contributed by atoms with van der Waals surface area (Å²) in [5, 5.41) is 15.4. The van der Waals surface area contributed by atoms with Crippen molar-refractivity contribution in [1.82, 2.24) is 5.43 Å². The normalized spacial score (nSPS) is 14.4. The Hall–Kier alpha value is -3.20. The Morgan fingerprint density at radius 2 is 1.81 bits per heavy atom. The van der Waals surface area contributed by atoms with Gasteiger partial charge in [0.1, 0.15) is 5.69 Å². The highest BCUT2D eigenvalue weighted by Crippen LogP contribution is 2.30. The van der Waals surface area contributed by atoms with Crippen LogP contribution in [0.25, 0.3) is 0 Å². The molecule has 0 radical (unpaired) electrons. The summed E-state index contributed by atoms with van der Waals surface area (Å²) in [4.78, 5) is 15.5. The van der Waals surface area contributed by atoms with Gasteiger partial charge in [-0.15, -0.1) is 0 Å². The summed E-state index contributed by atoms with van der Waals surface area (Å²) in [6.45, 7) is 3.04. The highest BCUT2D eigenvalue weighted by molar-refractivity contribution is 7.80. The Kier molecular flexibility index (Phi) is 5.82. The first-order valence-electron chi connectivity index (χ1n) is 8.46.